The molecule has 0 aliphatic rings. The Balaban J connectivity index is 1.54. The van der Waals surface area contributed by atoms with E-state index in [0.29, 0.717) is 30.2 Å². The second-order valence-corrected chi connectivity index (χ2v) is 6.40. The van der Waals surface area contributed by atoms with Crippen LogP contribution in [0, 0.1) is 6.92 Å². The SMILES string of the molecule is CNC(=O)OCCCNc1cc(C)nc(NC(=O)Nc2ccc3cnccc3c2)n1. The molecule has 156 valence electrons. The summed E-state index contributed by atoms with van der Waals surface area (Å²) < 4.78 is 4.92. The fourth-order valence-electron chi connectivity index (χ4n) is 2.67. The van der Waals surface area contributed by atoms with Crippen LogP contribution in [0.1, 0.15) is 12.1 Å². The quantitative estimate of drug-likeness (QED) is 0.441. The molecule has 0 saturated carbocycles. The van der Waals surface area contributed by atoms with E-state index in [1.54, 1.807) is 24.5 Å². The Hall–Kier alpha value is -3.95. The summed E-state index contributed by atoms with van der Waals surface area (Å²) in [5.41, 5.74) is 1.34. The third-order valence-corrected chi connectivity index (χ3v) is 4.04. The van der Waals surface area contributed by atoms with Crippen molar-refractivity contribution in [3.8, 4) is 0 Å². The van der Waals surface area contributed by atoms with Gasteiger partial charge >= 0.3 is 12.1 Å². The zero-order valence-corrected chi connectivity index (χ0v) is 16.7. The van der Waals surface area contributed by atoms with Gasteiger partial charge in [-0.15, -0.1) is 0 Å². The first-order chi connectivity index (χ1) is 14.5. The summed E-state index contributed by atoms with van der Waals surface area (Å²) in [6.07, 6.45) is 3.61. The van der Waals surface area contributed by atoms with Crippen molar-refractivity contribution in [2.75, 3.05) is 36.1 Å². The minimum absolute atomic E-state index is 0.182. The lowest BCUT2D eigenvalue weighted by Gasteiger charge is -2.10. The molecular weight excluding hydrogens is 386 g/mol. The number of carbonyl (C=O) groups excluding carboxylic acids is 2. The lowest BCUT2D eigenvalue weighted by Crippen LogP contribution is -2.22. The van der Waals surface area contributed by atoms with E-state index in [0.717, 1.165) is 10.8 Å². The van der Waals surface area contributed by atoms with Gasteiger partial charge in [-0.1, -0.05) is 6.07 Å². The summed E-state index contributed by atoms with van der Waals surface area (Å²) >= 11 is 0. The highest BCUT2D eigenvalue weighted by Crippen LogP contribution is 2.18. The molecule has 0 aliphatic heterocycles. The number of urea groups is 1. The number of ether oxygens (including phenoxy) is 1. The van der Waals surface area contributed by atoms with Crippen molar-refractivity contribution < 1.29 is 14.3 Å². The number of fused-ring (bicyclic) bond motifs is 1. The summed E-state index contributed by atoms with van der Waals surface area (Å²) in [4.78, 5) is 36.0. The van der Waals surface area contributed by atoms with Crippen molar-refractivity contribution in [3.63, 3.8) is 0 Å². The summed E-state index contributed by atoms with van der Waals surface area (Å²) in [5, 5.41) is 12.9. The predicted molar refractivity (Wildman–Crippen MR) is 115 cm³/mol. The minimum Gasteiger partial charge on any atom is -0.450 e. The Labute approximate surface area is 173 Å². The van der Waals surface area contributed by atoms with Crippen molar-refractivity contribution >= 4 is 40.4 Å². The highest BCUT2D eigenvalue weighted by molar-refractivity contribution is 6.00. The number of alkyl carbamates (subject to hydrolysis) is 1. The standard InChI is InChI=1S/C20H23N7O3/c1-13-10-17(23-7-3-9-30-20(29)21-2)26-18(24-13)27-19(28)25-16-5-4-15-12-22-8-6-14(15)11-16/h4-6,8,10-12H,3,7,9H2,1-2H3,(H,21,29)(H3,23,24,25,26,27,28). The van der Waals surface area contributed by atoms with Crippen LogP contribution in [0.4, 0.5) is 27.0 Å². The van der Waals surface area contributed by atoms with Crippen LogP contribution in [0.3, 0.4) is 0 Å². The molecule has 1 aromatic carbocycles. The number of benzene rings is 1. The summed E-state index contributed by atoms with van der Waals surface area (Å²) in [6.45, 7) is 2.64. The van der Waals surface area contributed by atoms with Crippen LogP contribution in [-0.2, 0) is 4.74 Å². The zero-order chi connectivity index (χ0) is 21.3. The first-order valence-electron chi connectivity index (χ1n) is 9.39. The lowest BCUT2D eigenvalue weighted by atomic mass is 10.1. The fourth-order valence-corrected chi connectivity index (χ4v) is 2.67. The zero-order valence-electron chi connectivity index (χ0n) is 16.7. The van der Waals surface area contributed by atoms with Crippen LogP contribution in [0.15, 0.2) is 42.7 Å². The molecule has 2 aromatic heterocycles. The number of amides is 3. The predicted octanol–water partition coefficient (Wildman–Crippen LogP) is 3.14. The van der Waals surface area contributed by atoms with E-state index in [9.17, 15) is 9.59 Å². The van der Waals surface area contributed by atoms with Gasteiger partial charge < -0.3 is 20.7 Å². The Bertz CT molecular complexity index is 1040. The number of rotatable bonds is 7. The number of hydrogen-bond acceptors (Lipinski definition) is 7. The number of nitrogens with zero attached hydrogens (tertiary/aromatic N) is 3. The summed E-state index contributed by atoms with van der Waals surface area (Å²) in [7, 11) is 1.51. The molecule has 3 amide bonds. The fraction of sp³-hybridized carbons (Fsp3) is 0.250. The average Bonchev–Trinajstić information content (AvgIpc) is 2.72. The maximum absolute atomic E-state index is 12.3. The maximum atomic E-state index is 12.3. The van der Waals surface area contributed by atoms with Crippen molar-refractivity contribution in [2.45, 2.75) is 13.3 Å². The summed E-state index contributed by atoms with van der Waals surface area (Å²) in [6, 6.07) is 8.74. The number of anilines is 3. The van der Waals surface area contributed by atoms with Crippen LogP contribution in [0.25, 0.3) is 10.8 Å². The second kappa shape index (κ2) is 10.0. The van der Waals surface area contributed by atoms with E-state index in [4.69, 9.17) is 4.74 Å². The highest BCUT2D eigenvalue weighted by Gasteiger charge is 2.08. The van der Waals surface area contributed by atoms with Gasteiger partial charge in [-0.05, 0) is 36.9 Å². The molecule has 4 N–H and O–H groups in total. The third-order valence-electron chi connectivity index (χ3n) is 4.04. The molecule has 0 aliphatic carbocycles. The van der Waals surface area contributed by atoms with E-state index in [1.165, 1.54) is 7.05 Å². The maximum Gasteiger partial charge on any atom is 0.406 e. The van der Waals surface area contributed by atoms with Gasteiger partial charge in [0.25, 0.3) is 0 Å². The van der Waals surface area contributed by atoms with Gasteiger partial charge in [0, 0.05) is 48.8 Å². The van der Waals surface area contributed by atoms with Crippen LogP contribution in [0.2, 0.25) is 0 Å². The van der Waals surface area contributed by atoms with Crippen LogP contribution >= 0.6 is 0 Å². The van der Waals surface area contributed by atoms with E-state index in [1.807, 2.05) is 25.1 Å². The van der Waals surface area contributed by atoms with Gasteiger partial charge in [-0.25, -0.2) is 14.6 Å². The van der Waals surface area contributed by atoms with Gasteiger partial charge in [0.05, 0.1) is 6.61 Å². The molecule has 0 atom stereocenters. The molecule has 0 saturated heterocycles. The molecule has 0 spiro atoms. The highest BCUT2D eigenvalue weighted by atomic mass is 16.5. The summed E-state index contributed by atoms with van der Waals surface area (Å²) in [5.74, 6) is 0.748. The topological polar surface area (TPSA) is 130 Å². The van der Waals surface area contributed by atoms with Crippen LogP contribution in [0.5, 0.6) is 0 Å². The second-order valence-electron chi connectivity index (χ2n) is 6.40. The first kappa shape index (κ1) is 20.8. The number of pyridine rings is 1. The van der Waals surface area contributed by atoms with Gasteiger partial charge in [0.1, 0.15) is 5.82 Å². The molecule has 30 heavy (non-hydrogen) atoms. The first-order valence-corrected chi connectivity index (χ1v) is 9.39. The Morgan fingerprint density at radius 1 is 1.07 bits per heavy atom. The lowest BCUT2D eigenvalue weighted by molar-refractivity contribution is 0.148. The van der Waals surface area contributed by atoms with Gasteiger partial charge in [-0.3, -0.25) is 10.3 Å². The average molecular weight is 409 g/mol. The van der Waals surface area contributed by atoms with Crippen molar-refractivity contribution in [3.05, 3.63) is 48.4 Å². The molecule has 3 aromatic rings. The number of hydrogen-bond donors (Lipinski definition) is 4. The molecule has 0 unspecified atom stereocenters. The molecule has 0 bridgehead atoms. The molecule has 10 nitrogen and oxygen atoms in total. The van der Waals surface area contributed by atoms with Gasteiger partial charge in [-0.2, -0.15) is 4.98 Å². The van der Waals surface area contributed by atoms with Crippen LogP contribution in [-0.4, -0.2) is 47.3 Å². The Kier molecular flexibility index (Phi) is 6.93. The molecule has 10 heteroatoms. The van der Waals surface area contributed by atoms with E-state index in [2.05, 4.69) is 36.2 Å². The number of aryl methyl sites for hydroxylation is 1. The third kappa shape index (κ3) is 6.03. The number of nitrogens with one attached hydrogen (secondary N) is 4. The Morgan fingerprint density at radius 3 is 2.77 bits per heavy atom. The van der Waals surface area contributed by atoms with Crippen molar-refractivity contribution in [1.82, 2.24) is 20.3 Å². The molecule has 0 radical (unpaired) electrons. The molecule has 3 rings (SSSR count). The number of aromatic nitrogens is 3. The monoisotopic (exact) mass is 409 g/mol. The van der Waals surface area contributed by atoms with E-state index in [-0.39, 0.29) is 12.6 Å². The smallest absolute Gasteiger partial charge is 0.406 e. The Morgan fingerprint density at radius 2 is 1.93 bits per heavy atom. The minimum atomic E-state index is -0.464. The molecule has 0 fully saturated rings. The van der Waals surface area contributed by atoms with Crippen molar-refractivity contribution in [1.29, 1.82) is 0 Å². The molecular formula is C20H23N7O3. The van der Waals surface area contributed by atoms with Crippen molar-refractivity contribution in [2.24, 2.45) is 0 Å². The largest absolute Gasteiger partial charge is 0.450 e. The van der Waals surface area contributed by atoms with Gasteiger partial charge in [0.15, 0.2) is 0 Å². The van der Waals surface area contributed by atoms with E-state index >= 15 is 0 Å². The molecule has 2 heterocycles. The number of carbonyl (C=O) groups is 2. The van der Waals surface area contributed by atoms with E-state index < -0.39 is 12.1 Å². The van der Waals surface area contributed by atoms with Gasteiger partial charge in [0.2, 0.25) is 5.95 Å². The van der Waals surface area contributed by atoms with Crippen LogP contribution < -0.4 is 21.3 Å². The normalized spacial score (nSPS) is 10.3.